The number of carbonyl (C=O) groups is 2. The fraction of sp³-hybridized carbons (Fsp3) is 0.312. The van der Waals surface area contributed by atoms with Crippen molar-refractivity contribution in [3.8, 4) is 5.69 Å². The summed E-state index contributed by atoms with van der Waals surface area (Å²) in [4.78, 5) is 22.8. The Morgan fingerprint density at radius 3 is 2.40 bits per heavy atom. The number of carbonyl (C=O) groups excluding carboxylic acids is 1. The highest BCUT2D eigenvalue weighted by atomic mass is 19.4. The molecule has 1 aromatic heterocycles. The first-order valence-corrected chi connectivity index (χ1v) is 7.34. The molecule has 0 fully saturated rings. The lowest BCUT2D eigenvalue weighted by Gasteiger charge is -2.15. The molecule has 0 bridgehead atoms. The number of aliphatic carboxylic acids is 1. The van der Waals surface area contributed by atoms with Gasteiger partial charge in [0, 0.05) is 6.04 Å². The van der Waals surface area contributed by atoms with E-state index in [0.29, 0.717) is 4.68 Å². The Bertz CT molecular complexity index is 782. The lowest BCUT2D eigenvalue weighted by molar-refractivity contribution is -0.143. The summed E-state index contributed by atoms with van der Waals surface area (Å²) < 4.78 is 41.1. The highest BCUT2D eigenvalue weighted by Crippen LogP contribution is 2.33. The van der Waals surface area contributed by atoms with Crippen molar-refractivity contribution in [3.63, 3.8) is 0 Å². The van der Waals surface area contributed by atoms with E-state index in [1.807, 2.05) is 0 Å². The van der Waals surface area contributed by atoms with Gasteiger partial charge in [-0.05, 0) is 26.0 Å². The monoisotopic (exact) mass is 355 g/mol. The molecule has 25 heavy (non-hydrogen) atoms. The van der Waals surface area contributed by atoms with Gasteiger partial charge < -0.3 is 10.4 Å². The normalized spacial score (nSPS) is 12.7. The minimum Gasteiger partial charge on any atom is -0.481 e. The van der Waals surface area contributed by atoms with Crippen LogP contribution in [0.25, 0.3) is 5.69 Å². The maximum Gasteiger partial charge on any atom is 0.434 e. The molecule has 0 saturated carbocycles. The van der Waals surface area contributed by atoms with E-state index in [0.717, 1.165) is 11.8 Å². The molecule has 0 spiro atoms. The van der Waals surface area contributed by atoms with Crippen molar-refractivity contribution in [1.29, 1.82) is 0 Å². The van der Waals surface area contributed by atoms with Crippen LogP contribution in [0, 0.1) is 6.92 Å². The summed E-state index contributed by atoms with van der Waals surface area (Å²) in [6.07, 6.45) is -4.39. The quantitative estimate of drug-likeness (QED) is 0.864. The smallest absolute Gasteiger partial charge is 0.434 e. The van der Waals surface area contributed by atoms with Gasteiger partial charge in [0.1, 0.15) is 0 Å². The molecule has 1 atom stereocenters. The predicted molar refractivity (Wildman–Crippen MR) is 82.5 cm³/mol. The Labute approximate surface area is 141 Å². The number of hydrogen-bond donors (Lipinski definition) is 2. The molecule has 0 aliphatic heterocycles. The van der Waals surface area contributed by atoms with Crippen molar-refractivity contribution < 1.29 is 27.9 Å². The van der Waals surface area contributed by atoms with Crippen LogP contribution >= 0.6 is 0 Å². The molecule has 1 heterocycles. The number of nitrogens with one attached hydrogen (secondary N) is 1. The van der Waals surface area contributed by atoms with Gasteiger partial charge >= 0.3 is 12.1 Å². The molecule has 2 rings (SSSR count). The summed E-state index contributed by atoms with van der Waals surface area (Å²) in [6.45, 7) is 3.18. The largest absolute Gasteiger partial charge is 0.481 e. The number of carboxylic acids is 1. The number of carboxylic acid groups (broad SMARTS) is 1. The second-order valence-corrected chi connectivity index (χ2v) is 5.62. The summed E-state index contributed by atoms with van der Waals surface area (Å²) in [7, 11) is 0. The first kappa shape index (κ1) is 18.5. The van der Waals surface area contributed by atoms with Crippen LogP contribution in [0.15, 0.2) is 30.5 Å². The maximum atomic E-state index is 13.5. The van der Waals surface area contributed by atoms with Gasteiger partial charge in [0.25, 0.3) is 5.91 Å². The molecule has 2 N–H and O–H groups in total. The third-order valence-corrected chi connectivity index (χ3v) is 3.42. The maximum absolute atomic E-state index is 13.5. The highest BCUT2D eigenvalue weighted by Gasteiger charge is 2.40. The lowest BCUT2D eigenvalue weighted by Crippen LogP contribution is -2.35. The molecule has 9 heteroatoms. The summed E-state index contributed by atoms with van der Waals surface area (Å²) in [5, 5.41) is 14.6. The Kier molecular flexibility index (Phi) is 5.15. The molecule has 0 aliphatic rings. The van der Waals surface area contributed by atoms with E-state index in [-0.39, 0.29) is 5.69 Å². The van der Waals surface area contributed by atoms with Crippen molar-refractivity contribution in [2.75, 3.05) is 0 Å². The van der Waals surface area contributed by atoms with Crippen molar-refractivity contribution in [2.24, 2.45) is 0 Å². The van der Waals surface area contributed by atoms with Gasteiger partial charge in [-0.1, -0.05) is 17.7 Å². The number of nitrogens with zero attached hydrogens (tertiary/aromatic N) is 2. The predicted octanol–water partition coefficient (Wildman–Crippen LogP) is 2.79. The Balaban J connectivity index is 2.41. The van der Waals surface area contributed by atoms with Crippen LogP contribution in [0.4, 0.5) is 13.2 Å². The van der Waals surface area contributed by atoms with E-state index in [2.05, 4.69) is 10.4 Å². The molecule has 0 saturated heterocycles. The van der Waals surface area contributed by atoms with E-state index in [1.165, 1.54) is 19.1 Å². The molecule has 0 aliphatic carbocycles. The lowest BCUT2D eigenvalue weighted by atomic mass is 10.1. The third kappa shape index (κ3) is 4.37. The average molecular weight is 355 g/mol. The van der Waals surface area contributed by atoms with Gasteiger partial charge in [-0.15, -0.1) is 0 Å². The Hall–Kier alpha value is -2.84. The van der Waals surface area contributed by atoms with E-state index in [9.17, 15) is 22.8 Å². The molecular weight excluding hydrogens is 339 g/mol. The van der Waals surface area contributed by atoms with E-state index in [1.54, 1.807) is 19.1 Å². The number of aromatic nitrogens is 2. The third-order valence-electron chi connectivity index (χ3n) is 3.42. The SMILES string of the molecule is Cc1ccc(-n2ncc(C(=O)NC(C)CC(=O)O)c2C(F)(F)F)cc1. The molecule has 134 valence electrons. The zero-order chi connectivity index (χ0) is 18.8. The molecule has 1 unspecified atom stereocenters. The first-order valence-electron chi connectivity index (χ1n) is 7.34. The number of halogens is 3. The van der Waals surface area contributed by atoms with Gasteiger partial charge in [0.15, 0.2) is 5.69 Å². The fourth-order valence-corrected chi connectivity index (χ4v) is 2.28. The van der Waals surface area contributed by atoms with Crippen LogP contribution in [0.2, 0.25) is 0 Å². The fourth-order valence-electron chi connectivity index (χ4n) is 2.28. The summed E-state index contributed by atoms with van der Waals surface area (Å²) >= 11 is 0. The highest BCUT2D eigenvalue weighted by molar-refractivity contribution is 5.95. The van der Waals surface area contributed by atoms with Crippen molar-refractivity contribution in [3.05, 3.63) is 47.3 Å². The summed E-state index contributed by atoms with van der Waals surface area (Å²) in [6, 6.07) is 5.37. The van der Waals surface area contributed by atoms with Crippen LogP contribution in [0.3, 0.4) is 0 Å². The number of hydrogen-bond acceptors (Lipinski definition) is 3. The van der Waals surface area contributed by atoms with Gasteiger partial charge in [0.05, 0.1) is 23.9 Å². The standard InChI is InChI=1S/C16H16F3N3O3/c1-9-3-5-11(6-4-9)22-14(16(17,18)19)12(8-20-22)15(25)21-10(2)7-13(23)24/h3-6,8,10H,7H2,1-2H3,(H,21,25)(H,23,24). The first-order chi connectivity index (χ1) is 11.6. The minimum atomic E-state index is -4.82. The van der Waals surface area contributed by atoms with Crippen LogP contribution in [0.1, 0.15) is 35.0 Å². The number of alkyl halides is 3. The van der Waals surface area contributed by atoms with Crippen molar-refractivity contribution in [1.82, 2.24) is 15.1 Å². The molecule has 6 nitrogen and oxygen atoms in total. The van der Waals surface area contributed by atoms with Gasteiger partial charge in [-0.3, -0.25) is 9.59 Å². The minimum absolute atomic E-state index is 0.163. The number of amides is 1. The summed E-state index contributed by atoms with van der Waals surface area (Å²) in [5.74, 6) is -2.20. The van der Waals surface area contributed by atoms with Gasteiger partial charge in [-0.2, -0.15) is 18.3 Å². The van der Waals surface area contributed by atoms with Crippen molar-refractivity contribution >= 4 is 11.9 Å². The number of aryl methyl sites for hydroxylation is 1. The van der Waals surface area contributed by atoms with Crippen LogP contribution in [-0.2, 0) is 11.0 Å². The Morgan fingerprint density at radius 1 is 1.28 bits per heavy atom. The summed E-state index contributed by atoms with van der Waals surface area (Å²) in [5.41, 5.74) is -0.845. The molecule has 1 aromatic carbocycles. The van der Waals surface area contributed by atoms with Gasteiger partial charge in [0.2, 0.25) is 0 Å². The second kappa shape index (κ2) is 6.96. The zero-order valence-corrected chi connectivity index (χ0v) is 13.5. The van der Waals surface area contributed by atoms with Gasteiger partial charge in [-0.25, -0.2) is 4.68 Å². The number of benzene rings is 1. The van der Waals surface area contributed by atoms with Crippen LogP contribution in [-0.4, -0.2) is 32.8 Å². The topological polar surface area (TPSA) is 84.2 Å². The average Bonchev–Trinajstić information content (AvgIpc) is 2.92. The van der Waals surface area contributed by atoms with E-state index < -0.39 is 41.8 Å². The molecule has 1 amide bonds. The second-order valence-electron chi connectivity index (χ2n) is 5.62. The Morgan fingerprint density at radius 2 is 1.88 bits per heavy atom. The van der Waals surface area contributed by atoms with E-state index in [4.69, 9.17) is 5.11 Å². The van der Waals surface area contributed by atoms with E-state index >= 15 is 0 Å². The van der Waals surface area contributed by atoms with Crippen LogP contribution in [0.5, 0.6) is 0 Å². The number of rotatable bonds is 5. The van der Waals surface area contributed by atoms with Crippen LogP contribution < -0.4 is 5.32 Å². The van der Waals surface area contributed by atoms with Crippen molar-refractivity contribution in [2.45, 2.75) is 32.5 Å². The molecule has 0 radical (unpaired) electrons. The molecular formula is C16H16F3N3O3. The molecule has 2 aromatic rings. The zero-order valence-electron chi connectivity index (χ0n) is 13.5.